The smallest absolute Gasteiger partial charge is 0.252 e. The molecule has 2 aromatic rings. The van der Waals surface area contributed by atoms with E-state index in [9.17, 15) is 9.59 Å². The Kier molecular flexibility index (Phi) is 10.1. The third-order valence-corrected chi connectivity index (χ3v) is 8.36. The molecule has 2 aliphatic rings. The van der Waals surface area contributed by atoms with Crippen LogP contribution in [-0.2, 0) is 11.2 Å². The Labute approximate surface area is 214 Å². The van der Waals surface area contributed by atoms with E-state index < -0.39 is 0 Å². The van der Waals surface area contributed by atoms with Crippen LogP contribution in [-0.4, -0.2) is 54.7 Å². The highest BCUT2D eigenvalue weighted by Gasteiger charge is 2.22. The van der Waals surface area contributed by atoms with Crippen LogP contribution in [0.2, 0.25) is 0 Å². The van der Waals surface area contributed by atoms with Gasteiger partial charge in [0.05, 0.1) is 11.3 Å². The minimum atomic E-state index is -0.0292. The fraction of sp³-hybridized carbons (Fsp3) is 0.517. The van der Waals surface area contributed by atoms with Crippen LogP contribution in [0.5, 0.6) is 0 Å². The zero-order chi connectivity index (χ0) is 24.3. The summed E-state index contributed by atoms with van der Waals surface area (Å²) < 4.78 is 0. The van der Waals surface area contributed by atoms with Crippen molar-refractivity contribution in [2.45, 2.75) is 62.3 Å². The molecule has 0 unspecified atom stereocenters. The quantitative estimate of drug-likeness (QED) is 0.462. The summed E-state index contributed by atoms with van der Waals surface area (Å²) >= 11 is 1.46. The van der Waals surface area contributed by atoms with Crippen molar-refractivity contribution >= 4 is 23.6 Å². The zero-order valence-electron chi connectivity index (χ0n) is 20.7. The first-order valence-corrected chi connectivity index (χ1v) is 14.2. The highest BCUT2D eigenvalue weighted by atomic mass is 32.2. The van der Waals surface area contributed by atoms with Crippen molar-refractivity contribution in [1.29, 1.82) is 0 Å². The summed E-state index contributed by atoms with van der Waals surface area (Å²) in [5.74, 6) is 0.995. The van der Waals surface area contributed by atoms with E-state index in [1.807, 2.05) is 24.3 Å². The van der Waals surface area contributed by atoms with Gasteiger partial charge in [-0.05, 0) is 55.7 Å². The van der Waals surface area contributed by atoms with E-state index in [1.54, 1.807) is 0 Å². The van der Waals surface area contributed by atoms with Crippen molar-refractivity contribution < 1.29 is 9.59 Å². The summed E-state index contributed by atoms with van der Waals surface area (Å²) in [4.78, 5) is 28.8. The van der Waals surface area contributed by atoms with E-state index in [0.29, 0.717) is 17.2 Å². The van der Waals surface area contributed by atoms with Crippen LogP contribution in [0, 0.1) is 5.92 Å². The van der Waals surface area contributed by atoms with Gasteiger partial charge in [0.15, 0.2) is 0 Å². The van der Waals surface area contributed by atoms with Gasteiger partial charge in [-0.1, -0.05) is 61.7 Å². The van der Waals surface area contributed by atoms with Gasteiger partial charge in [-0.3, -0.25) is 9.59 Å². The van der Waals surface area contributed by atoms with Crippen LogP contribution in [0.15, 0.2) is 59.5 Å². The van der Waals surface area contributed by atoms with Crippen LogP contribution in [0.1, 0.15) is 60.9 Å². The van der Waals surface area contributed by atoms with Gasteiger partial charge >= 0.3 is 0 Å². The highest BCUT2D eigenvalue weighted by molar-refractivity contribution is 8.00. The molecule has 1 heterocycles. The molecule has 0 bridgehead atoms. The van der Waals surface area contributed by atoms with Crippen molar-refractivity contribution in [1.82, 2.24) is 15.5 Å². The molecular weight excluding hydrogens is 454 g/mol. The van der Waals surface area contributed by atoms with Gasteiger partial charge in [0, 0.05) is 37.1 Å². The number of nitrogens with one attached hydrogen (secondary N) is 2. The third kappa shape index (κ3) is 8.39. The molecule has 1 aliphatic carbocycles. The van der Waals surface area contributed by atoms with Crippen molar-refractivity contribution in [3.05, 3.63) is 65.7 Å². The van der Waals surface area contributed by atoms with Crippen LogP contribution in [0.4, 0.5) is 0 Å². The number of nitrogens with zero attached hydrogens (tertiary/aromatic N) is 1. The van der Waals surface area contributed by atoms with E-state index in [1.165, 1.54) is 49.4 Å². The lowest BCUT2D eigenvalue weighted by Crippen LogP contribution is -2.45. The Balaban J connectivity index is 1.19. The maximum Gasteiger partial charge on any atom is 0.252 e. The summed E-state index contributed by atoms with van der Waals surface area (Å²) in [5.41, 5.74) is 2.05. The third-order valence-electron chi connectivity index (χ3n) is 7.29. The maximum absolute atomic E-state index is 13.1. The Morgan fingerprint density at radius 2 is 1.60 bits per heavy atom. The molecule has 1 aliphatic heterocycles. The van der Waals surface area contributed by atoms with Crippen molar-refractivity contribution in [3.8, 4) is 0 Å². The number of likely N-dealkylation sites (tertiary alicyclic amines) is 1. The van der Waals surface area contributed by atoms with Crippen molar-refractivity contribution in [2.75, 3.05) is 31.9 Å². The number of thioether (sulfide) groups is 1. The predicted molar refractivity (Wildman–Crippen MR) is 144 cm³/mol. The van der Waals surface area contributed by atoms with E-state index in [4.69, 9.17) is 0 Å². The highest BCUT2D eigenvalue weighted by Crippen LogP contribution is 2.24. The lowest BCUT2D eigenvalue weighted by molar-refractivity contribution is -0.118. The zero-order valence-corrected chi connectivity index (χ0v) is 21.5. The first kappa shape index (κ1) is 25.8. The number of hydrogen-bond donors (Lipinski definition) is 2. The van der Waals surface area contributed by atoms with Gasteiger partial charge in [-0.25, -0.2) is 0 Å². The molecule has 0 spiro atoms. The first-order valence-electron chi connectivity index (χ1n) is 13.2. The van der Waals surface area contributed by atoms with Crippen molar-refractivity contribution in [2.24, 2.45) is 5.92 Å². The molecule has 1 saturated heterocycles. The topological polar surface area (TPSA) is 61.4 Å². The van der Waals surface area contributed by atoms with E-state index >= 15 is 0 Å². The number of hydrogen-bond acceptors (Lipinski definition) is 4. The van der Waals surface area contributed by atoms with Gasteiger partial charge < -0.3 is 15.5 Å². The Morgan fingerprint density at radius 3 is 2.37 bits per heavy atom. The Hall–Kier alpha value is -2.31. The van der Waals surface area contributed by atoms with Gasteiger partial charge in [-0.15, -0.1) is 11.8 Å². The summed E-state index contributed by atoms with van der Waals surface area (Å²) in [6.07, 6.45) is 9.35. The number of piperidine rings is 1. The minimum absolute atomic E-state index is 0.0292. The monoisotopic (exact) mass is 493 g/mol. The molecule has 35 heavy (non-hydrogen) atoms. The molecule has 2 fully saturated rings. The summed E-state index contributed by atoms with van der Waals surface area (Å²) in [6.45, 7) is 3.86. The molecule has 5 nitrogen and oxygen atoms in total. The van der Waals surface area contributed by atoms with Crippen LogP contribution in [0.25, 0.3) is 0 Å². The van der Waals surface area contributed by atoms with E-state index in [0.717, 1.165) is 50.3 Å². The molecule has 0 aromatic heterocycles. The number of rotatable bonds is 10. The summed E-state index contributed by atoms with van der Waals surface area (Å²) in [7, 11) is 0. The van der Waals surface area contributed by atoms with Gasteiger partial charge in [0.25, 0.3) is 5.91 Å². The second-order valence-corrected chi connectivity index (χ2v) is 10.9. The van der Waals surface area contributed by atoms with Crippen LogP contribution in [0.3, 0.4) is 0 Å². The predicted octanol–water partition coefficient (Wildman–Crippen LogP) is 4.91. The SMILES string of the molecule is O=C(CSc1ccccc1C(=O)NC1CCN(CCc2ccccc2)CC1)NCC1CCCCC1. The molecule has 0 radical (unpaired) electrons. The molecular formula is C29H39N3O2S. The average molecular weight is 494 g/mol. The molecule has 0 atom stereocenters. The number of carbonyl (C=O) groups excluding carboxylic acids is 2. The fourth-order valence-electron chi connectivity index (χ4n) is 5.12. The Bertz CT molecular complexity index is 938. The summed E-state index contributed by atoms with van der Waals surface area (Å²) in [6, 6.07) is 18.5. The van der Waals surface area contributed by atoms with Crippen LogP contribution >= 0.6 is 11.8 Å². The van der Waals surface area contributed by atoms with Gasteiger partial charge in [0.2, 0.25) is 5.91 Å². The second-order valence-electron chi connectivity index (χ2n) is 9.92. The second kappa shape index (κ2) is 13.7. The van der Waals surface area contributed by atoms with Gasteiger partial charge in [-0.2, -0.15) is 0 Å². The fourth-order valence-corrected chi connectivity index (χ4v) is 6.00. The molecule has 6 heteroatoms. The molecule has 2 aromatic carbocycles. The minimum Gasteiger partial charge on any atom is -0.355 e. The normalized spacial score (nSPS) is 17.7. The van der Waals surface area contributed by atoms with Crippen LogP contribution < -0.4 is 10.6 Å². The van der Waals surface area contributed by atoms with Crippen molar-refractivity contribution in [3.63, 3.8) is 0 Å². The van der Waals surface area contributed by atoms with Gasteiger partial charge in [0.1, 0.15) is 0 Å². The molecule has 2 amide bonds. The standard InChI is InChI=1S/C29H39N3O2S/c33-28(30-21-24-11-5-2-6-12-24)22-35-27-14-8-7-13-26(27)29(34)31-25-16-19-32(20-17-25)18-15-23-9-3-1-4-10-23/h1,3-4,7-10,13-14,24-25H,2,5-6,11-12,15-22H2,(H,30,33)(H,31,34). The Morgan fingerprint density at radius 1 is 0.886 bits per heavy atom. The number of amides is 2. The van der Waals surface area contributed by atoms with E-state index in [2.05, 4.69) is 45.9 Å². The average Bonchev–Trinajstić information content (AvgIpc) is 2.91. The largest absolute Gasteiger partial charge is 0.355 e. The van der Waals surface area contributed by atoms with E-state index in [-0.39, 0.29) is 17.9 Å². The number of benzene rings is 2. The molecule has 4 rings (SSSR count). The lowest BCUT2D eigenvalue weighted by Gasteiger charge is -2.32. The summed E-state index contributed by atoms with van der Waals surface area (Å²) in [5, 5.41) is 6.34. The first-order chi connectivity index (χ1) is 17.2. The lowest BCUT2D eigenvalue weighted by atomic mass is 9.89. The number of carbonyl (C=O) groups is 2. The molecule has 1 saturated carbocycles. The molecule has 2 N–H and O–H groups in total. The molecule has 188 valence electrons. The maximum atomic E-state index is 13.1.